The van der Waals surface area contributed by atoms with Gasteiger partial charge in [0.1, 0.15) is 11.4 Å². The molecule has 1 unspecified atom stereocenters. The molecule has 1 aromatic carbocycles. The van der Waals surface area contributed by atoms with Crippen LogP contribution in [-0.4, -0.2) is 37.2 Å². The standard InChI is InChI=1S/C16H12ClF3N6O2/c1-9(13-14(22-3-2-21-13)26-23-4-5-24-26)25-15(27)10-6-11(17)8-12(7-10)28-16(18,19)20/h2-9H,1H3,(H,25,27). The van der Waals surface area contributed by atoms with Gasteiger partial charge in [-0.25, -0.2) is 4.98 Å². The molecule has 0 bridgehead atoms. The zero-order chi connectivity index (χ0) is 20.3. The maximum absolute atomic E-state index is 12.5. The average Bonchev–Trinajstić information content (AvgIpc) is 3.14. The molecule has 3 rings (SSSR count). The highest BCUT2D eigenvalue weighted by molar-refractivity contribution is 6.31. The summed E-state index contributed by atoms with van der Waals surface area (Å²) in [7, 11) is 0. The molecule has 1 amide bonds. The van der Waals surface area contributed by atoms with Gasteiger partial charge in [0.2, 0.25) is 0 Å². The molecule has 0 radical (unpaired) electrons. The lowest BCUT2D eigenvalue weighted by atomic mass is 10.1. The molecule has 28 heavy (non-hydrogen) atoms. The van der Waals surface area contributed by atoms with Gasteiger partial charge in [0.05, 0.1) is 18.4 Å². The summed E-state index contributed by atoms with van der Waals surface area (Å²) in [6.07, 6.45) is 0.872. The molecule has 2 aromatic heterocycles. The number of aromatic nitrogens is 5. The van der Waals surface area contributed by atoms with Gasteiger partial charge in [-0.3, -0.25) is 9.78 Å². The molecule has 1 atom stereocenters. The second kappa shape index (κ2) is 7.80. The fourth-order valence-corrected chi connectivity index (χ4v) is 2.59. The number of hydrogen-bond acceptors (Lipinski definition) is 6. The van der Waals surface area contributed by atoms with E-state index in [4.69, 9.17) is 11.6 Å². The van der Waals surface area contributed by atoms with Crippen LogP contribution in [0.2, 0.25) is 5.02 Å². The number of benzene rings is 1. The monoisotopic (exact) mass is 412 g/mol. The third-order valence-corrected chi connectivity index (χ3v) is 3.66. The minimum Gasteiger partial charge on any atom is -0.406 e. The second-order valence-electron chi connectivity index (χ2n) is 5.50. The smallest absolute Gasteiger partial charge is 0.406 e. The molecule has 0 aliphatic heterocycles. The van der Waals surface area contributed by atoms with Crippen LogP contribution >= 0.6 is 11.6 Å². The minimum atomic E-state index is -4.91. The van der Waals surface area contributed by atoms with Crippen molar-refractivity contribution in [2.45, 2.75) is 19.3 Å². The summed E-state index contributed by atoms with van der Waals surface area (Å²) in [5.41, 5.74) is 0.252. The fraction of sp³-hybridized carbons (Fsp3) is 0.188. The Hall–Kier alpha value is -3.21. The van der Waals surface area contributed by atoms with Crippen LogP contribution < -0.4 is 10.1 Å². The first kappa shape index (κ1) is 19.5. The number of alkyl halides is 3. The van der Waals surface area contributed by atoms with Gasteiger partial charge >= 0.3 is 6.36 Å². The topological polar surface area (TPSA) is 94.8 Å². The van der Waals surface area contributed by atoms with Gasteiger partial charge in [-0.15, -0.1) is 18.0 Å². The van der Waals surface area contributed by atoms with Crippen LogP contribution in [0.3, 0.4) is 0 Å². The zero-order valence-electron chi connectivity index (χ0n) is 14.2. The summed E-state index contributed by atoms with van der Waals surface area (Å²) < 4.78 is 41.1. The predicted molar refractivity (Wildman–Crippen MR) is 91.0 cm³/mol. The van der Waals surface area contributed by atoms with Crippen LogP contribution in [0.15, 0.2) is 43.0 Å². The molecule has 0 fully saturated rings. The molecule has 0 saturated carbocycles. The summed E-state index contributed by atoms with van der Waals surface area (Å²) in [5.74, 6) is -0.974. The summed E-state index contributed by atoms with van der Waals surface area (Å²) in [4.78, 5) is 22.1. The third kappa shape index (κ3) is 4.74. The zero-order valence-corrected chi connectivity index (χ0v) is 14.9. The van der Waals surface area contributed by atoms with E-state index in [2.05, 4.69) is 30.2 Å². The van der Waals surface area contributed by atoms with Crippen LogP contribution in [0, 0.1) is 0 Å². The van der Waals surface area contributed by atoms with Gasteiger partial charge in [-0.2, -0.15) is 10.2 Å². The highest BCUT2D eigenvalue weighted by Gasteiger charge is 2.31. The lowest BCUT2D eigenvalue weighted by Crippen LogP contribution is -2.28. The lowest BCUT2D eigenvalue weighted by Gasteiger charge is -2.16. The van der Waals surface area contributed by atoms with E-state index >= 15 is 0 Å². The van der Waals surface area contributed by atoms with Gasteiger partial charge in [-0.05, 0) is 25.1 Å². The summed E-state index contributed by atoms with van der Waals surface area (Å²) in [6, 6.07) is 2.46. The summed E-state index contributed by atoms with van der Waals surface area (Å²) >= 11 is 5.80. The van der Waals surface area contributed by atoms with Crippen molar-refractivity contribution in [2.75, 3.05) is 0 Å². The lowest BCUT2D eigenvalue weighted by molar-refractivity contribution is -0.274. The fourth-order valence-electron chi connectivity index (χ4n) is 2.36. The van der Waals surface area contributed by atoms with E-state index < -0.39 is 24.1 Å². The van der Waals surface area contributed by atoms with Crippen molar-refractivity contribution in [1.82, 2.24) is 30.3 Å². The molecular formula is C16H12ClF3N6O2. The summed E-state index contributed by atoms with van der Waals surface area (Å²) in [6.45, 7) is 1.63. The molecule has 3 aromatic rings. The summed E-state index contributed by atoms with van der Waals surface area (Å²) in [5, 5.41) is 10.5. The Morgan fingerprint density at radius 2 is 1.82 bits per heavy atom. The molecule has 146 valence electrons. The molecular weight excluding hydrogens is 401 g/mol. The van der Waals surface area contributed by atoms with E-state index in [0.717, 1.165) is 12.1 Å². The SMILES string of the molecule is CC(NC(=O)c1cc(Cl)cc(OC(F)(F)F)c1)c1nccnc1-n1nccn1. The van der Waals surface area contributed by atoms with Crippen LogP contribution in [0.25, 0.3) is 5.82 Å². The first-order valence-corrected chi connectivity index (χ1v) is 8.15. The van der Waals surface area contributed by atoms with Crippen molar-refractivity contribution < 1.29 is 22.7 Å². The largest absolute Gasteiger partial charge is 0.573 e. The normalized spacial score (nSPS) is 12.5. The van der Waals surface area contributed by atoms with E-state index in [0.29, 0.717) is 11.5 Å². The molecule has 8 nitrogen and oxygen atoms in total. The quantitative estimate of drug-likeness (QED) is 0.692. The Morgan fingerprint density at radius 3 is 2.50 bits per heavy atom. The van der Waals surface area contributed by atoms with Crippen LogP contribution in [0.1, 0.15) is 29.0 Å². The number of hydrogen-bond donors (Lipinski definition) is 1. The number of rotatable bonds is 5. The highest BCUT2D eigenvalue weighted by atomic mass is 35.5. The van der Waals surface area contributed by atoms with Crippen molar-refractivity contribution >= 4 is 17.5 Å². The molecule has 1 N–H and O–H groups in total. The number of nitrogens with zero attached hydrogens (tertiary/aromatic N) is 5. The Kier molecular flexibility index (Phi) is 5.45. The first-order valence-electron chi connectivity index (χ1n) is 7.78. The molecule has 0 aliphatic carbocycles. The number of nitrogens with one attached hydrogen (secondary N) is 1. The minimum absolute atomic E-state index is 0.0829. The maximum Gasteiger partial charge on any atom is 0.573 e. The second-order valence-corrected chi connectivity index (χ2v) is 5.94. The Bertz CT molecular complexity index is 981. The van der Waals surface area contributed by atoms with E-state index in [9.17, 15) is 18.0 Å². The van der Waals surface area contributed by atoms with Crippen molar-refractivity contribution in [3.8, 4) is 11.6 Å². The maximum atomic E-state index is 12.5. The van der Waals surface area contributed by atoms with Gasteiger partial charge in [0.25, 0.3) is 5.91 Å². The number of carbonyl (C=O) groups is 1. The van der Waals surface area contributed by atoms with E-state index in [1.807, 2.05) is 0 Å². The molecule has 0 saturated heterocycles. The molecule has 2 heterocycles. The third-order valence-electron chi connectivity index (χ3n) is 3.44. The highest BCUT2D eigenvalue weighted by Crippen LogP contribution is 2.27. The van der Waals surface area contributed by atoms with Crippen molar-refractivity contribution in [3.63, 3.8) is 0 Å². The van der Waals surface area contributed by atoms with E-state index in [-0.39, 0.29) is 10.6 Å². The number of amides is 1. The van der Waals surface area contributed by atoms with Gasteiger partial charge in [0.15, 0.2) is 5.82 Å². The van der Waals surface area contributed by atoms with Crippen molar-refractivity contribution in [1.29, 1.82) is 0 Å². The predicted octanol–water partition coefficient (Wildman–Crippen LogP) is 3.10. The van der Waals surface area contributed by atoms with Crippen LogP contribution in [-0.2, 0) is 0 Å². The van der Waals surface area contributed by atoms with Crippen LogP contribution in [0.5, 0.6) is 5.75 Å². The molecule has 0 spiro atoms. The van der Waals surface area contributed by atoms with Crippen molar-refractivity contribution in [2.24, 2.45) is 0 Å². The number of ether oxygens (including phenoxy) is 1. The molecule has 12 heteroatoms. The number of carbonyl (C=O) groups excluding carboxylic acids is 1. The first-order chi connectivity index (χ1) is 13.2. The van der Waals surface area contributed by atoms with E-state index in [1.54, 1.807) is 6.92 Å². The number of halogens is 4. The average molecular weight is 413 g/mol. The van der Waals surface area contributed by atoms with Gasteiger partial charge in [0, 0.05) is 23.0 Å². The van der Waals surface area contributed by atoms with E-state index in [1.165, 1.54) is 35.7 Å². The van der Waals surface area contributed by atoms with Gasteiger partial charge in [-0.1, -0.05) is 11.6 Å². The van der Waals surface area contributed by atoms with Crippen LogP contribution in [0.4, 0.5) is 13.2 Å². The Morgan fingerprint density at radius 1 is 1.14 bits per heavy atom. The molecule has 0 aliphatic rings. The Labute approximate surface area is 161 Å². The Balaban J connectivity index is 1.82. The van der Waals surface area contributed by atoms with Crippen molar-refractivity contribution in [3.05, 3.63) is 59.3 Å². The van der Waals surface area contributed by atoms with Gasteiger partial charge < -0.3 is 10.1 Å².